The fourth-order valence-corrected chi connectivity index (χ4v) is 4.03. The van der Waals surface area contributed by atoms with Crippen molar-refractivity contribution in [2.45, 2.75) is 78.5 Å². The summed E-state index contributed by atoms with van der Waals surface area (Å²) in [4.78, 5) is 30.6. The minimum Gasteiger partial charge on any atom is -0.444 e. The highest BCUT2D eigenvalue weighted by Gasteiger charge is 2.42. The van der Waals surface area contributed by atoms with Crippen LogP contribution in [0.5, 0.6) is 0 Å². The fraction of sp³-hybridized carbons (Fsp3) is 0.652. The summed E-state index contributed by atoms with van der Waals surface area (Å²) in [5.41, 5.74) is 2.25. The van der Waals surface area contributed by atoms with Gasteiger partial charge in [-0.1, -0.05) is 26.8 Å². The van der Waals surface area contributed by atoms with Gasteiger partial charge in [0.25, 0.3) is 0 Å². The summed E-state index contributed by atoms with van der Waals surface area (Å²) < 4.78 is 5.61. The Hall–Kier alpha value is -2.64. The van der Waals surface area contributed by atoms with Crippen LogP contribution in [0.25, 0.3) is 5.57 Å². The summed E-state index contributed by atoms with van der Waals surface area (Å²) in [5.74, 6) is 0.500. The van der Waals surface area contributed by atoms with Gasteiger partial charge in [0.2, 0.25) is 0 Å². The van der Waals surface area contributed by atoms with Crippen LogP contribution in [0.15, 0.2) is 23.5 Å². The number of nitrogens with one attached hydrogen (secondary N) is 1. The van der Waals surface area contributed by atoms with Crippen LogP contribution >= 0.6 is 0 Å². The van der Waals surface area contributed by atoms with E-state index in [1.165, 1.54) is 5.01 Å². The van der Waals surface area contributed by atoms with E-state index in [0.29, 0.717) is 5.82 Å². The van der Waals surface area contributed by atoms with E-state index in [4.69, 9.17) is 9.72 Å². The molecule has 0 aromatic carbocycles. The van der Waals surface area contributed by atoms with Crippen LogP contribution in [0.4, 0.5) is 16.3 Å². The minimum absolute atomic E-state index is 0.00877. The predicted molar refractivity (Wildman–Crippen MR) is 124 cm³/mol. The number of nitrogens with zero attached hydrogens (tertiary/aromatic N) is 4. The fourth-order valence-electron chi connectivity index (χ4n) is 4.03. The lowest BCUT2D eigenvalue weighted by molar-refractivity contribution is 0.0175. The van der Waals surface area contributed by atoms with E-state index in [1.807, 2.05) is 37.8 Å². The van der Waals surface area contributed by atoms with Crippen molar-refractivity contribution in [1.29, 1.82) is 0 Å². The molecule has 170 valence electrons. The molecule has 8 nitrogen and oxygen atoms in total. The van der Waals surface area contributed by atoms with Gasteiger partial charge in [-0.2, -0.15) is 0 Å². The first-order valence-electron chi connectivity index (χ1n) is 10.9. The van der Waals surface area contributed by atoms with E-state index in [2.05, 4.69) is 37.4 Å². The molecule has 0 aliphatic carbocycles. The Bertz CT molecular complexity index is 869. The number of nitroso groups, excluding NO2 is 1. The maximum atomic E-state index is 12.7. The molecule has 1 saturated heterocycles. The van der Waals surface area contributed by atoms with Crippen LogP contribution in [-0.4, -0.2) is 47.3 Å². The van der Waals surface area contributed by atoms with Crippen molar-refractivity contribution >= 4 is 23.2 Å². The number of carbonyl (C=O) groups excluding carboxylic acids is 1. The molecule has 2 aliphatic heterocycles. The maximum Gasteiger partial charge on any atom is 0.411 e. The van der Waals surface area contributed by atoms with Crippen molar-refractivity contribution in [1.82, 2.24) is 9.88 Å². The molecule has 8 heteroatoms. The van der Waals surface area contributed by atoms with Crippen molar-refractivity contribution in [2.24, 2.45) is 10.7 Å². The van der Waals surface area contributed by atoms with E-state index in [1.54, 1.807) is 7.05 Å². The first-order chi connectivity index (χ1) is 14.4. The largest absolute Gasteiger partial charge is 0.444 e. The number of amides is 1. The third-order valence-corrected chi connectivity index (χ3v) is 5.44. The Balaban J connectivity index is 1.85. The van der Waals surface area contributed by atoms with Crippen LogP contribution in [0, 0.1) is 10.3 Å². The van der Waals surface area contributed by atoms with E-state index < -0.39 is 5.60 Å². The molecule has 3 rings (SSSR count). The molecule has 0 spiro atoms. The second-order valence-corrected chi connectivity index (χ2v) is 10.7. The SMILES string of the molecule is CN(N=O)c1nc(C2=CC3CCC(C2)N3C(=O)OC(C)(C)C)ccc1NCC(C)(C)C. The molecule has 1 aromatic heterocycles. The summed E-state index contributed by atoms with van der Waals surface area (Å²) in [6.45, 7) is 12.8. The van der Waals surface area contributed by atoms with E-state index in [9.17, 15) is 9.70 Å². The number of aromatic nitrogens is 1. The summed E-state index contributed by atoms with van der Waals surface area (Å²) in [6.07, 6.45) is 4.44. The third-order valence-electron chi connectivity index (χ3n) is 5.44. The topological polar surface area (TPSA) is 87.1 Å². The predicted octanol–water partition coefficient (Wildman–Crippen LogP) is 5.21. The van der Waals surface area contributed by atoms with Crippen molar-refractivity contribution in [3.63, 3.8) is 0 Å². The molecule has 2 bridgehead atoms. The van der Waals surface area contributed by atoms with Crippen LogP contribution in [0.1, 0.15) is 66.5 Å². The van der Waals surface area contributed by atoms with Gasteiger partial charge in [0.15, 0.2) is 5.82 Å². The number of ether oxygens (including phenoxy) is 1. The van der Waals surface area contributed by atoms with Crippen molar-refractivity contribution < 1.29 is 9.53 Å². The van der Waals surface area contributed by atoms with Gasteiger partial charge in [-0.3, -0.25) is 4.90 Å². The highest BCUT2D eigenvalue weighted by atomic mass is 16.6. The lowest BCUT2D eigenvalue weighted by atomic mass is 9.96. The quantitative estimate of drug-likeness (QED) is 0.510. The van der Waals surface area contributed by atoms with Gasteiger partial charge in [0.1, 0.15) is 5.60 Å². The van der Waals surface area contributed by atoms with E-state index in [-0.39, 0.29) is 23.6 Å². The van der Waals surface area contributed by atoms with Crippen LogP contribution < -0.4 is 10.3 Å². The first-order valence-corrected chi connectivity index (χ1v) is 10.9. The summed E-state index contributed by atoms with van der Waals surface area (Å²) in [6, 6.07) is 4.04. The van der Waals surface area contributed by atoms with Gasteiger partial charge in [-0.15, -0.1) is 4.91 Å². The Morgan fingerprint density at radius 1 is 1.26 bits per heavy atom. The summed E-state index contributed by atoms with van der Waals surface area (Å²) >= 11 is 0. The van der Waals surface area contributed by atoms with Crippen LogP contribution in [0.3, 0.4) is 0 Å². The van der Waals surface area contributed by atoms with Gasteiger partial charge in [0.05, 0.1) is 22.7 Å². The average molecular weight is 430 g/mol. The zero-order valence-electron chi connectivity index (χ0n) is 19.7. The number of pyridine rings is 1. The normalized spacial score (nSPS) is 20.9. The maximum absolute atomic E-state index is 12.7. The molecular weight excluding hydrogens is 394 g/mol. The zero-order chi connectivity index (χ0) is 23.0. The van der Waals surface area contributed by atoms with Gasteiger partial charge >= 0.3 is 6.09 Å². The molecule has 2 unspecified atom stereocenters. The molecular formula is C23H35N5O3. The Kier molecular flexibility index (Phi) is 6.30. The standard InChI is InChI=1S/C23H35N5O3/c1-22(2,3)14-24-19-11-10-18(25-20(19)27(7)26-30)15-12-16-8-9-17(13-15)28(16)21(29)31-23(4,5)6/h10-12,16-17,24H,8-9,13-14H2,1-7H3. The zero-order valence-corrected chi connectivity index (χ0v) is 19.7. The molecule has 1 fully saturated rings. The minimum atomic E-state index is -0.515. The second kappa shape index (κ2) is 8.48. The van der Waals surface area contributed by atoms with Gasteiger partial charge in [-0.25, -0.2) is 14.8 Å². The molecule has 0 saturated carbocycles. The number of fused-ring (bicyclic) bond motifs is 2. The van der Waals surface area contributed by atoms with E-state index in [0.717, 1.165) is 42.8 Å². The number of carbonyl (C=O) groups is 1. The average Bonchev–Trinajstić information content (AvgIpc) is 2.93. The second-order valence-electron chi connectivity index (χ2n) is 10.7. The van der Waals surface area contributed by atoms with Crippen molar-refractivity contribution in [3.05, 3.63) is 28.8 Å². The molecule has 2 atom stereocenters. The number of anilines is 2. The van der Waals surface area contributed by atoms with Gasteiger partial charge in [0, 0.05) is 19.6 Å². The first kappa shape index (κ1) is 23.0. The summed E-state index contributed by atoms with van der Waals surface area (Å²) in [5, 5.41) is 7.68. The van der Waals surface area contributed by atoms with Gasteiger partial charge < -0.3 is 10.1 Å². The Morgan fingerprint density at radius 3 is 2.55 bits per heavy atom. The molecule has 2 aliphatic rings. The lowest BCUT2D eigenvalue weighted by Crippen LogP contribution is -2.45. The smallest absolute Gasteiger partial charge is 0.411 e. The Labute approximate surface area is 185 Å². The molecule has 31 heavy (non-hydrogen) atoms. The molecule has 1 amide bonds. The number of rotatable bonds is 5. The Morgan fingerprint density at radius 2 is 1.97 bits per heavy atom. The lowest BCUT2D eigenvalue weighted by Gasteiger charge is -2.35. The third kappa shape index (κ3) is 5.54. The summed E-state index contributed by atoms with van der Waals surface area (Å²) in [7, 11) is 1.60. The van der Waals surface area contributed by atoms with E-state index >= 15 is 0 Å². The number of hydrogen-bond acceptors (Lipinski definition) is 6. The van der Waals surface area contributed by atoms with Crippen LogP contribution in [-0.2, 0) is 4.74 Å². The molecule has 3 heterocycles. The van der Waals surface area contributed by atoms with Crippen molar-refractivity contribution in [2.75, 3.05) is 23.9 Å². The number of hydrogen-bond donors (Lipinski definition) is 1. The molecule has 1 aromatic rings. The monoisotopic (exact) mass is 429 g/mol. The molecule has 1 N–H and O–H groups in total. The highest BCUT2D eigenvalue weighted by Crippen LogP contribution is 2.40. The van der Waals surface area contributed by atoms with Crippen LogP contribution in [0.2, 0.25) is 0 Å². The van der Waals surface area contributed by atoms with Gasteiger partial charge in [-0.05, 0) is 63.2 Å². The van der Waals surface area contributed by atoms with Crippen molar-refractivity contribution in [3.8, 4) is 0 Å². The highest BCUT2D eigenvalue weighted by molar-refractivity contribution is 5.76. The molecule has 0 radical (unpaired) electrons.